The average Bonchev–Trinajstić information content (AvgIpc) is 2.47. The molecule has 2 rings (SSSR count). The summed E-state index contributed by atoms with van der Waals surface area (Å²) in [7, 11) is -1.40. The van der Waals surface area contributed by atoms with E-state index in [4.69, 9.17) is 11.6 Å². The summed E-state index contributed by atoms with van der Waals surface area (Å²) in [5, 5.41) is 6.49. The molecule has 0 fully saturated rings. The Balaban J connectivity index is 1.98. The maximum atomic E-state index is 11.4. The van der Waals surface area contributed by atoms with Crippen LogP contribution in [0.4, 0.5) is 11.5 Å². The number of benzene rings is 1. The first-order valence-electron chi connectivity index (χ1n) is 6.63. The number of nitrogens with one attached hydrogen (secondary N) is 2. The van der Waals surface area contributed by atoms with Crippen molar-refractivity contribution in [1.82, 2.24) is 9.97 Å². The fourth-order valence-electron chi connectivity index (χ4n) is 1.95. The van der Waals surface area contributed by atoms with Crippen molar-refractivity contribution in [2.75, 3.05) is 30.5 Å². The molecule has 0 amide bonds. The highest BCUT2D eigenvalue weighted by Crippen LogP contribution is 2.25. The van der Waals surface area contributed by atoms with E-state index in [2.05, 4.69) is 20.6 Å². The van der Waals surface area contributed by atoms with Gasteiger partial charge in [-0.05, 0) is 24.1 Å². The summed E-state index contributed by atoms with van der Waals surface area (Å²) in [5.41, 5.74) is 1.68. The van der Waals surface area contributed by atoms with Crippen molar-refractivity contribution in [2.24, 2.45) is 0 Å². The predicted octanol–water partition coefficient (Wildman–Crippen LogP) is 2.23. The number of sulfone groups is 1. The standard InChI is InChI=1S/C14H17ClN4O2S/c1-16-12-13(15)18-9-19-14(12)17-8-7-10-3-5-11(6-4-10)22(2,20)21/h3-6,9,16H,7-8H2,1-2H3,(H,17,18,19). The highest BCUT2D eigenvalue weighted by Gasteiger charge is 2.08. The average molecular weight is 341 g/mol. The lowest BCUT2D eigenvalue weighted by Crippen LogP contribution is -2.09. The number of halogens is 1. The molecule has 0 atom stereocenters. The molecule has 1 aromatic carbocycles. The maximum absolute atomic E-state index is 11.4. The van der Waals surface area contributed by atoms with Crippen LogP contribution in [0.1, 0.15) is 5.56 Å². The second-order valence-corrected chi connectivity index (χ2v) is 7.10. The molecule has 0 unspecified atom stereocenters. The van der Waals surface area contributed by atoms with Crippen molar-refractivity contribution in [2.45, 2.75) is 11.3 Å². The molecule has 0 aliphatic heterocycles. The Morgan fingerprint density at radius 3 is 2.45 bits per heavy atom. The zero-order chi connectivity index (χ0) is 16.2. The third-order valence-corrected chi connectivity index (χ3v) is 4.52. The number of hydrogen-bond donors (Lipinski definition) is 2. The Labute approximate surface area is 134 Å². The minimum Gasteiger partial charge on any atom is -0.383 e. The van der Waals surface area contributed by atoms with Crippen LogP contribution in [0, 0.1) is 0 Å². The molecule has 0 spiro atoms. The summed E-state index contributed by atoms with van der Waals surface area (Å²) in [6.07, 6.45) is 3.32. The van der Waals surface area contributed by atoms with Gasteiger partial charge < -0.3 is 10.6 Å². The molecular weight excluding hydrogens is 324 g/mol. The first kappa shape index (κ1) is 16.5. The van der Waals surface area contributed by atoms with Crippen LogP contribution < -0.4 is 10.6 Å². The molecule has 0 aliphatic carbocycles. The largest absolute Gasteiger partial charge is 0.383 e. The van der Waals surface area contributed by atoms with Gasteiger partial charge in [0, 0.05) is 19.8 Å². The molecule has 0 aliphatic rings. The fraction of sp³-hybridized carbons (Fsp3) is 0.286. The van der Waals surface area contributed by atoms with Crippen LogP contribution in [-0.2, 0) is 16.3 Å². The first-order valence-corrected chi connectivity index (χ1v) is 8.90. The molecule has 118 valence electrons. The number of rotatable bonds is 6. The Morgan fingerprint density at radius 2 is 1.86 bits per heavy atom. The van der Waals surface area contributed by atoms with Crippen LogP contribution in [0.5, 0.6) is 0 Å². The molecule has 22 heavy (non-hydrogen) atoms. The molecule has 0 radical (unpaired) electrons. The van der Waals surface area contributed by atoms with Crippen LogP contribution in [0.3, 0.4) is 0 Å². The second-order valence-electron chi connectivity index (χ2n) is 4.73. The smallest absolute Gasteiger partial charge is 0.175 e. The van der Waals surface area contributed by atoms with Crippen molar-refractivity contribution in [3.05, 3.63) is 41.3 Å². The van der Waals surface area contributed by atoms with Crippen LogP contribution in [0.15, 0.2) is 35.5 Å². The molecule has 1 heterocycles. The molecular formula is C14H17ClN4O2S. The lowest BCUT2D eigenvalue weighted by Gasteiger charge is -2.11. The van der Waals surface area contributed by atoms with Crippen LogP contribution in [0.25, 0.3) is 0 Å². The Hall–Kier alpha value is -1.86. The zero-order valence-electron chi connectivity index (χ0n) is 12.3. The summed E-state index contributed by atoms with van der Waals surface area (Å²) in [6, 6.07) is 6.85. The van der Waals surface area contributed by atoms with Gasteiger partial charge in [0.25, 0.3) is 0 Å². The summed E-state index contributed by atoms with van der Waals surface area (Å²) in [5.74, 6) is 0.634. The van der Waals surface area contributed by atoms with E-state index in [1.165, 1.54) is 12.6 Å². The number of hydrogen-bond acceptors (Lipinski definition) is 6. The van der Waals surface area contributed by atoms with Crippen LogP contribution in [0.2, 0.25) is 5.15 Å². The predicted molar refractivity (Wildman–Crippen MR) is 88.3 cm³/mol. The van der Waals surface area contributed by atoms with E-state index in [9.17, 15) is 8.42 Å². The summed E-state index contributed by atoms with van der Waals surface area (Å²) >= 11 is 5.98. The minimum absolute atomic E-state index is 0.323. The molecule has 8 heteroatoms. The van der Waals surface area contributed by atoms with E-state index >= 15 is 0 Å². The monoisotopic (exact) mass is 340 g/mol. The summed E-state index contributed by atoms with van der Waals surface area (Å²) < 4.78 is 22.8. The van der Waals surface area contributed by atoms with Gasteiger partial charge in [-0.3, -0.25) is 0 Å². The fourth-order valence-corrected chi connectivity index (χ4v) is 2.81. The Kier molecular flexibility index (Phi) is 5.20. The van der Waals surface area contributed by atoms with Crippen molar-refractivity contribution in [1.29, 1.82) is 0 Å². The van der Waals surface area contributed by atoms with Crippen molar-refractivity contribution in [3.63, 3.8) is 0 Å². The zero-order valence-corrected chi connectivity index (χ0v) is 13.9. The highest BCUT2D eigenvalue weighted by atomic mass is 35.5. The third-order valence-electron chi connectivity index (χ3n) is 3.11. The van der Waals surface area contributed by atoms with Gasteiger partial charge in [-0.15, -0.1) is 0 Å². The number of aromatic nitrogens is 2. The van der Waals surface area contributed by atoms with E-state index in [1.54, 1.807) is 19.2 Å². The van der Waals surface area contributed by atoms with Gasteiger partial charge in [0.2, 0.25) is 0 Å². The Bertz CT molecular complexity index is 748. The van der Waals surface area contributed by atoms with Gasteiger partial charge >= 0.3 is 0 Å². The van der Waals surface area contributed by atoms with Gasteiger partial charge in [-0.1, -0.05) is 23.7 Å². The first-order chi connectivity index (χ1) is 10.4. The maximum Gasteiger partial charge on any atom is 0.175 e. The van der Waals surface area contributed by atoms with Gasteiger partial charge in [-0.2, -0.15) is 0 Å². The van der Waals surface area contributed by atoms with E-state index in [0.29, 0.717) is 28.1 Å². The molecule has 2 aromatic rings. The third kappa shape index (κ3) is 4.08. The molecule has 6 nitrogen and oxygen atoms in total. The lowest BCUT2D eigenvalue weighted by molar-refractivity contribution is 0.602. The van der Waals surface area contributed by atoms with Crippen LogP contribution in [-0.4, -0.2) is 38.2 Å². The van der Waals surface area contributed by atoms with E-state index in [1.807, 2.05) is 12.1 Å². The molecule has 0 bridgehead atoms. The lowest BCUT2D eigenvalue weighted by atomic mass is 10.1. The van der Waals surface area contributed by atoms with Gasteiger partial charge in [0.1, 0.15) is 12.0 Å². The highest BCUT2D eigenvalue weighted by molar-refractivity contribution is 7.90. The van der Waals surface area contributed by atoms with Crippen molar-refractivity contribution >= 4 is 32.9 Å². The normalized spacial score (nSPS) is 11.2. The quantitative estimate of drug-likeness (QED) is 0.784. The van der Waals surface area contributed by atoms with Gasteiger partial charge in [0.05, 0.1) is 4.90 Å². The SMILES string of the molecule is CNc1c(Cl)ncnc1NCCc1ccc(S(C)(=O)=O)cc1. The van der Waals surface area contributed by atoms with Gasteiger partial charge in [0.15, 0.2) is 20.8 Å². The minimum atomic E-state index is -3.15. The topological polar surface area (TPSA) is 84.0 Å². The molecule has 0 saturated heterocycles. The molecule has 0 saturated carbocycles. The van der Waals surface area contributed by atoms with Crippen molar-refractivity contribution < 1.29 is 8.42 Å². The number of anilines is 2. The molecule has 1 aromatic heterocycles. The molecule has 2 N–H and O–H groups in total. The van der Waals surface area contributed by atoms with E-state index in [0.717, 1.165) is 12.0 Å². The van der Waals surface area contributed by atoms with Crippen LogP contribution >= 0.6 is 11.6 Å². The second kappa shape index (κ2) is 6.93. The summed E-state index contributed by atoms with van der Waals surface area (Å²) in [4.78, 5) is 8.37. The van der Waals surface area contributed by atoms with Crippen molar-refractivity contribution in [3.8, 4) is 0 Å². The van der Waals surface area contributed by atoms with Gasteiger partial charge in [-0.25, -0.2) is 18.4 Å². The van der Waals surface area contributed by atoms with E-state index < -0.39 is 9.84 Å². The Morgan fingerprint density at radius 1 is 1.18 bits per heavy atom. The number of nitrogens with zero attached hydrogens (tertiary/aromatic N) is 2. The summed E-state index contributed by atoms with van der Waals surface area (Å²) in [6.45, 7) is 0.639. The van der Waals surface area contributed by atoms with E-state index in [-0.39, 0.29) is 0 Å².